The fraction of sp³-hybridized carbons (Fsp3) is 0.900. The monoisotopic (exact) mass is 217 g/mol. The fourth-order valence-corrected chi connectivity index (χ4v) is 1.43. The average Bonchev–Trinajstić information content (AvgIpc) is 2.17. The molecule has 0 saturated heterocycles. The zero-order chi connectivity index (χ0) is 11.1. The van der Waals surface area contributed by atoms with E-state index in [0.29, 0.717) is 4.99 Å². The van der Waals surface area contributed by atoms with Gasteiger partial charge in [0.05, 0.1) is 11.0 Å². The summed E-state index contributed by atoms with van der Waals surface area (Å²) >= 11 is 4.95. The molecular formula is C10H23N3S. The molecule has 1 atom stereocenters. The van der Waals surface area contributed by atoms with Gasteiger partial charge in [0.25, 0.3) is 0 Å². The second kappa shape index (κ2) is 7.15. The Morgan fingerprint density at radius 3 is 2.14 bits per heavy atom. The van der Waals surface area contributed by atoms with E-state index in [0.717, 1.165) is 26.2 Å². The predicted octanol–water partition coefficient (Wildman–Crippen LogP) is 0.935. The van der Waals surface area contributed by atoms with Crippen molar-refractivity contribution in [1.82, 2.24) is 9.80 Å². The Kier molecular flexibility index (Phi) is 7.05. The van der Waals surface area contributed by atoms with Gasteiger partial charge in [0.15, 0.2) is 0 Å². The molecule has 0 amide bonds. The first-order valence-corrected chi connectivity index (χ1v) is 5.65. The van der Waals surface area contributed by atoms with Crippen LogP contribution in [0, 0.1) is 0 Å². The molecular weight excluding hydrogens is 194 g/mol. The zero-order valence-electron chi connectivity index (χ0n) is 9.79. The predicted molar refractivity (Wildman–Crippen MR) is 66.7 cm³/mol. The Hall–Kier alpha value is -0.190. The van der Waals surface area contributed by atoms with Crippen molar-refractivity contribution in [1.29, 1.82) is 0 Å². The highest BCUT2D eigenvalue weighted by molar-refractivity contribution is 7.80. The molecule has 0 spiro atoms. The van der Waals surface area contributed by atoms with Crippen LogP contribution in [0.25, 0.3) is 0 Å². The summed E-state index contributed by atoms with van der Waals surface area (Å²) in [5, 5.41) is 0. The Bertz CT molecular complexity index is 169. The molecule has 0 fully saturated rings. The lowest BCUT2D eigenvalue weighted by Gasteiger charge is -2.27. The van der Waals surface area contributed by atoms with E-state index in [-0.39, 0.29) is 6.04 Å². The van der Waals surface area contributed by atoms with Gasteiger partial charge in [0.2, 0.25) is 0 Å². The summed E-state index contributed by atoms with van der Waals surface area (Å²) in [5.74, 6) is 0. The first-order valence-electron chi connectivity index (χ1n) is 5.24. The van der Waals surface area contributed by atoms with Crippen LogP contribution >= 0.6 is 12.2 Å². The van der Waals surface area contributed by atoms with Crippen LogP contribution < -0.4 is 5.73 Å². The Morgan fingerprint density at radius 2 is 1.79 bits per heavy atom. The summed E-state index contributed by atoms with van der Waals surface area (Å²) in [6.45, 7) is 10.7. The van der Waals surface area contributed by atoms with E-state index in [4.69, 9.17) is 18.0 Å². The molecule has 0 radical (unpaired) electrons. The van der Waals surface area contributed by atoms with Gasteiger partial charge in [-0.2, -0.15) is 0 Å². The van der Waals surface area contributed by atoms with Crippen molar-refractivity contribution in [3.63, 3.8) is 0 Å². The minimum atomic E-state index is 0.195. The molecule has 0 aliphatic carbocycles. The third-order valence-corrected chi connectivity index (χ3v) is 3.08. The van der Waals surface area contributed by atoms with E-state index in [1.165, 1.54) is 0 Å². The maximum absolute atomic E-state index is 5.58. The van der Waals surface area contributed by atoms with E-state index in [1.54, 1.807) is 0 Å². The van der Waals surface area contributed by atoms with Gasteiger partial charge >= 0.3 is 0 Å². The van der Waals surface area contributed by atoms with Gasteiger partial charge in [0, 0.05) is 13.1 Å². The topological polar surface area (TPSA) is 32.5 Å². The summed E-state index contributed by atoms with van der Waals surface area (Å²) in [7, 11) is 2.06. The van der Waals surface area contributed by atoms with Crippen molar-refractivity contribution in [2.24, 2.45) is 5.73 Å². The quantitative estimate of drug-likeness (QED) is 0.643. The third-order valence-electron chi connectivity index (χ3n) is 2.74. The smallest absolute Gasteiger partial charge is 0.0899 e. The van der Waals surface area contributed by atoms with Crippen LogP contribution in [0.5, 0.6) is 0 Å². The van der Waals surface area contributed by atoms with E-state index in [1.807, 2.05) is 6.92 Å². The molecule has 0 rings (SSSR count). The van der Waals surface area contributed by atoms with Crippen LogP contribution in [-0.2, 0) is 0 Å². The molecule has 0 aliphatic rings. The number of nitrogens with two attached hydrogens (primary N) is 1. The Balaban J connectivity index is 3.82. The van der Waals surface area contributed by atoms with Crippen LogP contribution in [0.1, 0.15) is 20.8 Å². The van der Waals surface area contributed by atoms with E-state index in [2.05, 4.69) is 30.7 Å². The maximum atomic E-state index is 5.58. The fourth-order valence-electron chi connectivity index (χ4n) is 1.25. The molecule has 84 valence electrons. The summed E-state index contributed by atoms with van der Waals surface area (Å²) in [5.41, 5.74) is 5.58. The van der Waals surface area contributed by atoms with Crippen molar-refractivity contribution in [3.8, 4) is 0 Å². The molecule has 3 nitrogen and oxygen atoms in total. The first-order chi connectivity index (χ1) is 6.52. The SMILES string of the molecule is CCN(CC)CCN(C)C(C)C(N)=S. The van der Waals surface area contributed by atoms with Crippen molar-refractivity contribution in [2.75, 3.05) is 33.2 Å². The van der Waals surface area contributed by atoms with Gasteiger partial charge in [-0.15, -0.1) is 0 Å². The van der Waals surface area contributed by atoms with Gasteiger partial charge < -0.3 is 10.6 Å². The lowest BCUT2D eigenvalue weighted by atomic mass is 10.3. The highest BCUT2D eigenvalue weighted by atomic mass is 32.1. The number of nitrogens with zero attached hydrogens (tertiary/aromatic N) is 2. The van der Waals surface area contributed by atoms with E-state index >= 15 is 0 Å². The molecule has 0 aromatic rings. The minimum Gasteiger partial charge on any atom is -0.392 e. The average molecular weight is 217 g/mol. The normalized spacial score (nSPS) is 13.6. The van der Waals surface area contributed by atoms with Crippen LogP contribution in [0.3, 0.4) is 0 Å². The highest BCUT2D eigenvalue weighted by Gasteiger charge is 2.11. The van der Waals surface area contributed by atoms with Gasteiger partial charge in [-0.25, -0.2) is 0 Å². The summed E-state index contributed by atoms with van der Waals surface area (Å²) < 4.78 is 0. The third kappa shape index (κ3) is 4.88. The van der Waals surface area contributed by atoms with Crippen LogP contribution in [0.15, 0.2) is 0 Å². The number of hydrogen-bond acceptors (Lipinski definition) is 3. The molecule has 14 heavy (non-hydrogen) atoms. The van der Waals surface area contributed by atoms with Gasteiger partial charge in [-0.3, -0.25) is 4.90 Å². The van der Waals surface area contributed by atoms with E-state index < -0.39 is 0 Å². The first kappa shape index (κ1) is 13.8. The molecule has 0 aliphatic heterocycles. The second-order valence-corrected chi connectivity index (χ2v) is 4.06. The summed E-state index contributed by atoms with van der Waals surface area (Å²) in [4.78, 5) is 5.16. The molecule has 0 heterocycles. The lowest BCUT2D eigenvalue weighted by molar-refractivity contribution is 0.231. The second-order valence-electron chi connectivity index (χ2n) is 3.59. The van der Waals surface area contributed by atoms with Crippen molar-refractivity contribution in [3.05, 3.63) is 0 Å². The van der Waals surface area contributed by atoms with Crippen LogP contribution in [0.2, 0.25) is 0 Å². The largest absolute Gasteiger partial charge is 0.392 e. The molecule has 0 aromatic heterocycles. The van der Waals surface area contributed by atoms with Gasteiger partial charge in [-0.05, 0) is 27.1 Å². The Morgan fingerprint density at radius 1 is 1.29 bits per heavy atom. The maximum Gasteiger partial charge on any atom is 0.0899 e. The highest BCUT2D eigenvalue weighted by Crippen LogP contribution is 1.96. The Labute approximate surface area is 93.2 Å². The van der Waals surface area contributed by atoms with Crippen molar-refractivity contribution in [2.45, 2.75) is 26.8 Å². The molecule has 2 N–H and O–H groups in total. The molecule has 4 heteroatoms. The standard InChI is InChI=1S/C10H23N3S/c1-5-13(6-2)8-7-12(4)9(3)10(11)14/h9H,5-8H2,1-4H3,(H2,11,14). The number of rotatable bonds is 7. The number of hydrogen-bond donors (Lipinski definition) is 1. The van der Waals surface area contributed by atoms with Crippen LogP contribution in [-0.4, -0.2) is 54.1 Å². The van der Waals surface area contributed by atoms with Crippen LogP contribution in [0.4, 0.5) is 0 Å². The number of likely N-dealkylation sites (N-methyl/N-ethyl adjacent to an activating group) is 2. The number of thiocarbonyl (C=S) groups is 1. The molecule has 0 aromatic carbocycles. The lowest BCUT2D eigenvalue weighted by Crippen LogP contribution is -2.43. The van der Waals surface area contributed by atoms with Gasteiger partial charge in [-0.1, -0.05) is 26.1 Å². The molecule has 1 unspecified atom stereocenters. The minimum absolute atomic E-state index is 0.195. The van der Waals surface area contributed by atoms with Crippen molar-refractivity contribution >= 4 is 17.2 Å². The van der Waals surface area contributed by atoms with Gasteiger partial charge in [0.1, 0.15) is 0 Å². The van der Waals surface area contributed by atoms with E-state index in [9.17, 15) is 0 Å². The zero-order valence-corrected chi connectivity index (χ0v) is 10.6. The van der Waals surface area contributed by atoms with Crippen molar-refractivity contribution < 1.29 is 0 Å². The summed E-state index contributed by atoms with van der Waals surface area (Å²) in [6, 6.07) is 0.195. The molecule has 0 bridgehead atoms. The summed E-state index contributed by atoms with van der Waals surface area (Å²) in [6.07, 6.45) is 0. The molecule has 0 saturated carbocycles.